The van der Waals surface area contributed by atoms with Gasteiger partial charge < -0.3 is 9.64 Å². The number of sulfone groups is 1. The summed E-state index contributed by atoms with van der Waals surface area (Å²) in [6, 6.07) is 2.74. The second-order valence-corrected chi connectivity index (χ2v) is 9.28. The number of ether oxygens (including phenoxy) is 1. The highest BCUT2D eigenvalue weighted by molar-refractivity contribution is 7.91. The molecule has 7 nitrogen and oxygen atoms in total. The molecule has 1 aliphatic rings. The Morgan fingerprint density at radius 3 is 2.67 bits per heavy atom. The topological polar surface area (TPSA) is 89.5 Å². The van der Waals surface area contributed by atoms with E-state index in [0.29, 0.717) is 13.1 Å². The Labute approximate surface area is 147 Å². The fraction of sp³-hybridized carbons (Fsp3) is 0.667. The summed E-state index contributed by atoms with van der Waals surface area (Å²) < 4.78 is 30.2. The van der Waals surface area contributed by atoms with Crippen molar-refractivity contribution < 1.29 is 17.9 Å². The zero-order chi connectivity index (χ0) is 18.0. The van der Waals surface area contributed by atoms with E-state index in [2.05, 4.69) is 10.2 Å². The molecule has 0 radical (unpaired) electrons. The van der Waals surface area contributed by atoms with Crippen molar-refractivity contribution in [2.24, 2.45) is 5.92 Å². The zero-order valence-corrected chi connectivity index (χ0v) is 15.6. The SMILES string of the molecule is CC(C)(C)OC(=O)N1CCC[C@@H](CS(=O)(=O)c2ccc(Cl)nn2)C1. The third-order valence-electron chi connectivity index (χ3n) is 3.55. The van der Waals surface area contributed by atoms with Crippen molar-refractivity contribution in [2.45, 2.75) is 44.2 Å². The van der Waals surface area contributed by atoms with Gasteiger partial charge in [-0.15, -0.1) is 10.2 Å². The molecule has 1 fully saturated rings. The normalized spacial score (nSPS) is 19.2. The van der Waals surface area contributed by atoms with E-state index in [0.717, 1.165) is 12.8 Å². The van der Waals surface area contributed by atoms with Crippen LogP contribution in [0.2, 0.25) is 5.15 Å². The highest BCUT2D eigenvalue weighted by Gasteiger charge is 2.31. The Bertz CT molecular complexity index is 686. The number of likely N-dealkylation sites (tertiary alicyclic amines) is 1. The van der Waals surface area contributed by atoms with Gasteiger partial charge in [0.05, 0.1) is 5.75 Å². The first kappa shape index (κ1) is 18.9. The second kappa shape index (κ2) is 7.23. The summed E-state index contributed by atoms with van der Waals surface area (Å²) in [5.41, 5.74) is -0.574. The summed E-state index contributed by atoms with van der Waals surface area (Å²) in [5, 5.41) is 7.26. The van der Waals surface area contributed by atoms with Gasteiger partial charge in [-0.05, 0) is 51.7 Å². The molecule has 1 saturated heterocycles. The van der Waals surface area contributed by atoms with Gasteiger partial charge in [-0.1, -0.05) is 11.6 Å². The highest BCUT2D eigenvalue weighted by atomic mass is 35.5. The summed E-state index contributed by atoms with van der Waals surface area (Å²) in [6.45, 7) is 6.34. The zero-order valence-electron chi connectivity index (χ0n) is 14.0. The summed E-state index contributed by atoms with van der Waals surface area (Å²) >= 11 is 5.63. The van der Waals surface area contributed by atoms with Crippen LogP contribution in [-0.2, 0) is 14.6 Å². The number of piperidine rings is 1. The van der Waals surface area contributed by atoms with Crippen LogP contribution in [0.25, 0.3) is 0 Å². The van der Waals surface area contributed by atoms with Crippen molar-refractivity contribution in [3.8, 4) is 0 Å². The van der Waals surface area contributed by atoms with Gasteiger partial charge in [0, 0.05) is 13.1 Å². The van der Waals surface area contributed by atoms with Crippen molar-refractivity contribution in [1.82, 2.24) is 15.1 Å². The van der Waals surface area contributed by atoms with Crippen molar-refractivity contribution in [3.05, 3.63) is 17.3 Å². The Kier molecular flexibility index (Phi) is 5.70. The lowest BCUT2D eigenvalue weighted by Crippen LogP contribution is -2.44. The molecule has 0 N–H and O–H groups in total. The molecule has 1 atom stereocenters. The molecule has 2 heterocycles. The lowest BCUT2D eigenvalue weighted by Gasteiger charge is -2.33. The van der Waals surface area contributed by atoms with E-state index in [1.54, 1.807) is 25.7 Å². The van der Waals surface area contributed by atoms with Crippen LogP contribution in [0, 0.1) is 5.92 Å². The van der Waals surface area contributed by atoms with E-state index in [-0.39, 0.29) is 21.8 Å². The molecule has 24 heavy (non-hydrogen) atoms. The van der Waals surface area contributed by atoms with E-state index < -0.39 is 21.5 Å². The maximum atomic E-state index is 12.4. The van der Waals surface area contributed by atoms with Gasteiger partial charge in [0.2, 0.25) is 0 Å². The molecule has 0 unspecified atom stereocenters. The maximum absolute atomic E-state index is 12.4. The lowest BCUT2D eigenvalue weighted by molar-refractivity contribution is 0.0176. The fourth-order valence-corrected chi connectivity index (χ4v) is 4.16. The van der Waals surface area contributed by atoms with Crippen LogP contribution in [0.4, 0.5) is 4.79 Å². The van der Waals surface area contributed by atoms with Gasteiger partial charge in [0.1, 0.15) is 5.60 Å². The second-order valence-electron chi connectivity index (χ2n) is 6.91. The average molecular weight is 376 g/mol. The largest absolute Gasteiger partial charge is 0.444 e. The molecule has 0 spiro atoms. The van der Waals surface area contributed by atoms with E-state index in [1.807, 2.05) is 0 Å². The van der Waals surface area contributed by atoms with Crippen molar-refractivity contribution >= 4 is 27.5 Å². The van der Waals surface area contributed by atoms with E-state index >= 15 is 0 Å². The Morgan fingerprint density at radius 2 is 2.08 bits per heavy atom. The lowest BCUT2D eigenvalue weighted by atomic mass is 10.0. The van der Waals surface area contributed by atoms with Gasteiger partial charge in [0.15, 0.2) is 20.0 Å². The number of hydrogen-bond acceptors (Lipinski definition) is 6. The first-order valence-corrected chi connectivity index (χ1v) is 9.80. The van der Waals surface area contributed by atoms with Crippen LogP contribution in [0.1, 0.15) is 33.6 Å². The molecule has 1 aliphatic heterocycles. The fourth-order valence-electron chi connectivity index (χ4n) is 2.56. The molecule has 1 aromatic rings. The Morgan fingerprint density at radius 1 is 1.38 bits per heavy atom. The predicted octanol–water partition coefficient (Wildman–Crippen LogP) is 2.55. The molecule has 134 valence electrons. The van der Waals surface area contributed by atoms with Crippen LogP contribution < -0.4 is 0 Å². The minimum absolute atomic E-state index is 0.0807. The highest BCUT2D eigenvalue weighted by Crippen LogP contribution is 2.22. The number of rotatable bonds is 3. The molecule has 0 saturated carbocycles. The first-order chi connectivity index (χ1) is 11.1. The van der Waals surface area contributed by atoms with Gasteiger partial charge in [0.25, 0.3) is 0 Å². The van der Waals surface area contributed by atoms with Crippen LogP contribution in [0.5, 0.6) is 0 Å². The molecule has 1 aromatic heterocycles. The standard InChI is InChI=1S/C15H22ClN3O4S/c1-15(2,3)23-14(20)19-8-4-5-11(9-19)10-24(21,22)13-7-6-12(16)17-18-13/h6-7,11H,4-5,8-10H2,1-3H3/t11-/m1/s1. The van der Waals surface area contributed by atoms with Gasteiger partial charge >= 0.3 is 6.09 Å². The number of carbonyl (C=O) groups is 1. The minimum atomic E-state index is -3.57. The maximum Gasteiger partial charge on any atom is 0.410 e. The average Bonchev–Trinajstić information content (AvgIpc) is 2.45. The Balaban J connectivity index is 2.02. The van der Waals surface area contributed by atoms with Crippen LogP contribution >= 0.6 is 11.6 Å². The van der Waals surface area contributed by atoms with Crippen LogP contribution in [0.15, 0.2) is 17.2 Å². The van der Waals surface area contributed by atoms with Crippen molar-refractivity contribution in [3.63, 3.8) is 0 Å². The summed E-state index contributed by atoms with van der Waals surface area (Å²) in [5.74, 6) is -0.239. The van der Waals surface area contributed by atoms with Crippen molar-refractivity contribution in [2.75, 3.05) is 18.8 Å². The van der Waals surface area contributed by atoms with Crippen LogP contribution in [0.3, 0.4) is 0 Å². The van der Waals surface area contributed by atoms with Gasteiger partial charge in [-0.2, -0.15) is 0 Å². The molecule has 0 aliphatic carbocycles. The van der Waals surface area contributed by atoms with E-state index in [4.69, 9.17) is 16.3 Å². The predicted molar refractivity (Wildman–Crippen MR) is 89.6 cm³/mol. The number of aromatic nitrogens is 2. The summed E-state index contributed by atoms with van der Waals surface area (Å²) in [7, 11) is -3.57. The third kappa shape index (κ3) is 5.31. The summed E-state index contributed by atoms with van der Waals surface area (Å²) in [4.78, 5) is 13.7. The summed E-state index contributed by atoms with van der Waals surface area (Å²) in [6.07, 6.45) is 1.07. The molecular weight excluding hydrogens is 354 g/mol. The number of nitrogens with zero attached hydrogens (tertiary/aromatic N) is 3. The number of amides is 1. The van der Waals surface area contributed by atoms with Crippen molar-refractivity contribution in [1.29, 1.82) is 0 Å². The number of hydrogen-bond donors (Lipinski definition) is 0. The smallest absolute Gasteiger partial charge is 0.410 e. The molecule has 0 aromatic carbocycles. The van der Waals surface area contributed by atoms with Gasteiger partial charge in [-0.3, -0.25) is 0 Å². The number of carbonyl (C=O) groups excluding carboxylic acids is 1. The van der Waals surface area contributed by atoms with E-state index in [9.17, 15) is 13.2 Å². The third-order valence-corrected chi connectivity index (χ3v) is 5.52. The monoisotopic (exact) mass is 375 g/mol. The molecule has 9 heteroatoms. The quantitative estimate of drug-likeness (QED) is 0.806. The molecular formula is C15H22ClN3O4S. The van der Waals surface area contributed by atoms with E-state index in [1.165, 1.54) is 12.1 Å². The number of halogens is 1. The molecule has 2 rings (SSSR count). The minimum Gasteiger partial charge on any atom is -0.444 e. The van der Waals surface area contributed by atoms with Gasteiger partial charge in [-0.25, -0.2) is 13.2 Å². The Hall–Kier alpha value is -1.41. The van der Waals surface area contributed by atoms with Crippen LogP contribution in [-0.4, -0.2) is 54.1 Å². The molecule has 0 bridgehead atoms. The first-order valence-electron chi connectivity index (χ1n) is 7.77. The molecule has 1 amide bonds.